The SMILES string of the molecule is CC(=O)Nc1ccc(C(C)=O)cc1.CNCCCCNC(=O)c1ccc(NC(C)=O)cc1. The minimum Gasteiger partial charge on any atom is -0.352 e. The van der Waals surface area contributed by atoms with Gasteiger partial charge in [-0.25, -0.2) is 0 Å². The lowest BCUT2D eigenvalue weighted by molar-refractivity contribution is -0.115. The van der Waals surface area contributed by atoms with Crippen molar-refractivity contribution in [3.8, 4) is 0 Å². The van der Waals surface area contributed by atoms with Gasteiger partial charge in [0.25, 0.3) is 5.91 Å². The number of nitrogens with one attached hydrogen (secondary N) is 4. The van der Waals surface area contributed by atoms with E-state index in [0.29, 0.717) is 29.0 Å². The molecule has 0 bridgehead atoms. The molecule has 0 unspecified atom stereocenters. The van der Waals surface area contributed by atoms with Gasteiger partial charge in [0.1, 0.15) is 0 Å². The highest BCUT2D eigenvalue weighted by atomic mass is 16.2. The number of unbranched alkanes of at least 4 members (excludes halogenated alkanes) is 1. The maximum Gasteiger partial charge on any atom is 0.251 e. The topological polar surface area (TPSA) is 116 Å². The van der Waals surface area contributed by atoms with E-state index in [0.717, 1.165) is 19.4 Å². The molecular weight excluding hydrogens is 408 g/mol. The lowest BCUT2D eigenvalue weighted by Crippen LogP contribution is -2.25. The molecule has 0 spiro atoms. The van der Waals surface area contributed by atoms with Crippen LogP contribution in [0.3, 0.4) is 0 Å². The lowest BCUT2D eigenvalue weighted by Gasteiger charge is -2.06. The molecule has 172 valence electrons. The minimum atomic E-state index is -0.123. The molecule has 0 radical (unpaired) electrons. The molecule has 0 atom stereocenters. The first kappa shape index (κ1) is 26.5. The third kappa shape index (κ3) is 11.0. The van der Waals surface area contributed by atoms with Crippen molar-refractivity contribution >= 4 is 34.9 Å². The summed E-state index contributed by atoms with van der Waals surface area (Å²) in [6, 6.07) is 13.6. The molecule has 0 aliphatic heterocycles. The van der Waals surface area contributed by atoms with Crippen molar-refractivity contribution in [2.75, 3.05) is 30.8 Å². The summed E-state index contributed by atoms with van der Waals surface area (Å²) in [4.78, 5) is 44.2. The first-order chi connectivity index (χ1) is 15.2. The number of benzene rings is 2. The number of carbonyl (C=O) groups excluding carboxylic acids is 4. The van der Waals surface area contributed by atoms with Crippen molar-refractivity contribution in [2.24, 2.45) is 0 Å². The molecule has 2 aromatic carbocycles. The van der Waals surface area contributed by atoms with Gasteiger partial charge in [0, 0.05) is 42.9 Å². The molecule has 0 saturated heterocycles. The van der Waals surface area contributed by atoms with Crippen LogP contribution in [-0.4, -0.2) is 43.6 Å². The third-order valence-electron chi connectivity index (χ3n) is 4.22. The van der Waals surface area contributed by atoms with Gasteiger partial charge < -0.3 is 21.3 Å². The smallest absolute Gasteiger partial charge is 0.251 e. The standard InChI is InChI=1S/C14H21N3O2.C10H11NO2/c1-11(18)17-13-7-5-12(6-8-13)14(19)16-10-4-3-9-15-2;1-7(12)9-3-5-10(6-4-9)11-8(2)13/h5-8,15H,3-4,9-10H2,1-2H3,(H,16,19)(H,17,18);3-6H,1-2H3,(H,11,13). The maximum absolute atomic E-state index is 11.8. The van der Waals surface area contributed by atoms with Crippen molar-refractivity contribution in [2.45, 2.75) is 33.6 Å². The number of hydrogen-bond acceptors (Lipinski definition) is 5. The Bertz CT molecular complexity index is 893. The average molecular weight is 441 g/mol. The van der Waals surface area contributed by atoms with Gasteiger partial charge in [0.2, 0.25) is 11.8 Å². The van der Waals surface area contributed by atoms with Crippen LogP contribution < -0.4 is 21.3 Å². The number of Topliss-reactive ketones (excluding diaryl/α,β-unsaturated/α-hetero) is 1. The molecular formula is C24H32N4O4. The molecule has 2 aromatic rings. The Morgan fingerprint density at radius 3 is 1.50 bits per heavy atom. The predicted molar refractivity (Wildman–Crippen MR) is 127 cm³/mol. The second kappa shape index (κ2) is 14.5. The van der Waals surface area contributed by atoms with Crippen molar-refractivity contribution < 1.29 is 19.2 Å². The molecule has 4 N–H and O–H groups in total. The predicted octanol–water partition coefficient (Wildman–Crippen LogP) is 3.22. The Morgan fingerprint density at radius 1 is 0.656 bits per heavy atom. The molecule has 2 rings (SSSR count). The minimum absolute atomic E-state index is 0.0226. The average Bonchev–Trinajstić information content (AvgIpc) is 2.74. The van der Waals surface area contributed by atoms with E-state index in [-0.39, 0.29) is 23.5 Å². The van der Waals surface area contributed by atoms with E-state index in [4.69, 9.17) is 0 Å². The highest BCUT2D eigenvalue weighted by molar-refractivity contribution is 5.96. The summed E-state index contributed by atoms with van der Waals surface area (Å²) in [7, 11) is 1.91. The van der Waals surface area contributed by atoms with Crippen LogP contribution in [0.4, 0.5) is 11.4 Å². The lowest BCUT2D eigenvalue weighted by atomic mass is 10.1. The molecule has 0 fully saturated rings. The van der Waals surface area contributed by atoms with Crippen LogP contribution in [0.1, 0.15) is 54.3 Å². The van der Waals surface area contributed by atoms with E-state index in [9.17, 15) is 19.2 Å². The molecule has 32 heavy (non-hydrogen) atoms. The fourth-order valence-electron chi connectivity index (χ4n) is 2.63. The van der Waals surface area contributed by atoms with E-state index in [2.05, 4.69) is 21.3 Å². The number of ketones is 1. The summed E-state index contributed by atoms with van der Waals surface area (Å²) < 4.78 is 0. The summed E-state index contributed by atoms with van der Waals surface area (Å²) in [6.45, 7) is 6.04. The monoisotopic (exact) mass is 440 g/mol. The van der Waals surface area contributed by atoms with Crippen LogP contribution in [0.5, 0.6) is 0 Å². The van der Waals surface area contributed by atoms with Crippen LogP contribution in [0.25, 0.3) is 0 Å². The van der Waals surface area contributed by atoms with Gasteiger partial charge in [-0.2, -0.15) is 0 Å². The van der Waals surface area contributed by atoms with Crippen molar-refractivity contribution in [3.05, 3.63) is 59.7 Å². The normalized spacial score (nSPS) is 9.75. The fourth-order valence-corrected chi connectivity index (χ4v) is 2.63. The Hall–Kier alpha value is -3.52. The van der Waals surface area contributed by atoms with Gasteiger partial charge >= 0.3 is 0 Å². The number of anilines is 2. The van der Waals surface area contributed by atoms with Crippen molar-refractivity contribution in [1.82, 2.24) is 10.6 Å². The number of rotatable bonds is 9. The van der Waals surface area contributed by atoms with Gasteiger partial charge in [-0.1, -0.05) is 0 Å². The molecule has 0 aliphatic rings. The Labute approximate surface area is 189 Å². The zero-order chi connectivity index (χ0) is 23.9. The summed E-state index contributed by atoms with van der Waals surface area (Å²) in [6.07, 6.45) is 1.99. The van der Waals surface area contributed by atoms with Gasteiger partial charge in [0.05, 0.1) is 0 Å². The van der Waals surface area contributed by atoms with E-state index in [1.807, 2.05) is 7.05 Å². The second-order valence-electron chi connectivity index (χ2n) is 7.14. The summed E-state index contributed by atoms with van der Waals surface area (Å²) >= 11 is 0. The molecule has 0 aliphatic carbocycles. The summed E-state index contributed by atoms with van der Waals surface area (Å²) in [5, 5.41) is 11.2. The second-order valence-corrected chi connectivity index (χ2v) is 7.14. The molecule has 0 heterocycles. The number of hydrogen-bond donors (Lipinski definition) is 4. The quantitative estimate of drug-likeness (QED) is 0.353. The molecule has 0 aromatic heterocycles. The van der Waals surface area contributed by atoms with E-state index in [1.54, 1.807) is 48.5 Å². The largest absolute Gasteiger partial charge is 0.352 e. The zero-order valence-corrected chi connectivity index (χ0v) is 19.1. The van der Waals surface area contributed by atoms with Gasteiger partial charge in [-0.05, 0) is 81.9 Å². The highest BCUT2D eigenvalue weighted by Gasteiger charge is 2.04. The Balaban J connectivity index is 0.000000343. The molecule has 8 nitrogen and oxygen atoms in total. The summed E-state index contributed by atoms with van der Waals surface area (Å²) in [5.74, 6) is -0.300. The molecule has 3 amide bonds. The van der Waals surface area contributed by atoms with E-state index < -0.39 is 0 Å². The third-order valence-corrected chi connectivity index (χ3v) is 4.22. The van der Waals surface area contributed by atoms with Crippen molar-refractivity contribution in [1.29, 1.82) is 0 Å². The van der Waals surface area contributed by atoms with E-state index >= 15 is 0 Å². The van der Waals surface area contributed by atoms with Crippen LogP contribution in [0.15, 0.2) is 48.5 Å². The summed E-state index contributed by atoms with van der Waals surface area (Å²) in [5.41, 5.74) is 2.65. The van der Waals surface area contributed by atoms with Crippen LogP contribution in [0.2, 0.25) is 0 Å². The van der Waals surface area contributed by atoms with Gasteiger partial charge in [-0.15, -0.1) is 0 Å². The zero-order valence-electron chi connectivity index (χ0n) is 19.1. The number of amides is 3. The Kier molecular flexibility index (Phi) is 12.0. The van der Waals surface area contributed by atoms with E-state index in [1.165, 1.54) is 20.8 Å². The first-order valence-electron chi connectivity index (χ1n) is 10.4. The maximum atomic E-state index is 11.8. The Morgan fingerprint density at radius 2 is 1.09 bits per heavy atom. The first-order valence-corrected chi connectivity index (χ1v) is 10.4. The number of carbonyl (C=O) groups is 4. The van der Waals surface area contributed by atoms with Crippen molar-refractivity contribution in [3.63, 3.8) is 0 Å². The van der Waals surface area contributed by atoms with Gasteiger partial charge in [-0.3, -0.25) is 19.2 Å². The van der Waals surface area contributed by atoms with Crippen LogP contribution in [-0.2, 0) is 9.59 Å². The fraction of sp³-hybridized carbons (Fsp3) is 0.333. The van der Waals surface area contributed by atoms with Crippen LogP contribution >= 0.6 is 0 Å². The molecule has 8 heteroatoms. The molecule has 0 saturated carbocycles. The van der Waals surface area contributed by atoms with Gasteiger partial charge in [0.15, 0.2) is 5.78 Å². The van der Waals surface area contributed by atoms with Crippen LogP contribution in [0, 0.1) is 0 Å². The highest BCUT2D eigenvalue weighted by Crippen LogP contribution is 2.10.